The van der Waals surface area contributed by atoms with Crippen LogP contribution in [0.1, 0.15) is 10.4 Å². The zero-order chi connectivity index (χ0) is 19.3. The highest BCUT2D eigenvalue weighted by Crippen LogP contribution is 2.20. The van der Waals surface area contributed by atoms with Crippen molar-refractivity contribution in [2.45, 2.75) is 0 Å². The molecule has 0 radical (unpaired) electrons. The molecular weight excluding hydrogens is 361 g/mol. The van der Waals surface area contributed by atoms with Crippen LogP contribution in [-0.4, -0.2) is 64.5 Å². The second-order valence-corrected chi connectivity index (χ2v) is 6.57. The monoisotopic (exact) mass is 383 g/mol. The molecule has 0 atom stereocenters. The van der Waals surface area contributed by atoms with Crippen molar-refractivity contribution >= 4 is 5.91 Å². The SMILES string of the molecule is O=C(NCCN1CCOCC1)c1cnn(-c2ccc(F)cc2)c1-n1cccc1. The van der Waals surface area contributed by atoms with Crippen LogP contribution in [0.5, 0.6) is 0 Å². The van der Waals surface area contributed by atoms with E-state index in [1.165, 1.54) is 12.1 Å². The third-order valence-corrected chi connectivity index (χ3v) is 4.73. The number of hydrogen-bond donors (Lipinski definition) is 1. The van der Waals surface area contributed by atoms with Crippen molar-refractivity contribution in [2.24, 2.45) is 0 Å². The fraction of sp³-hybridized carbons (Fsp3) is 0.300. The van der Waals surface area contributed by atoms with E-state index in [9.17, 15) is 9.18 Å². The molecular formula is C20H22FN5O2. The maximum absolute atomic E-state index is 13.3. The number of benzene rings is 1. The molecule has 8 heteroatoms. The number of amides is 1. The first-order valence-electron chi connectivity index (χ1n) is 9.28. The summed E-state index contributed by atoms with van der Waals surface area (Å²) in [5.74, 6) is 0.102. The molecule has 0 saturated carbocycles. The molecule has 3 aromatic rings. The van der Waals surface area contributed by atoms with Gasteiger partial charge in [-0.25, -0.2) is 9.07 Å². The van der Waals surface area contributed by atoms with Gasteiger partial charge in [0.05, 0.1) is 25.1 Å². The van der Waals surface area contributed by atoms with E-state index in [-0.39, 0.29) is 11.7 Å². The fourth-order valence-electron chi connectivity index (χ4n) is 3.25. The van der Waals surface area contributed by atoms with E-state index < -0.39 is 0 Å². The Hall–Kier alpha value is -2.97. The second-order valence-electron chi connectivity index (χ2n) is 6.57. The highest BCUT2D eigenvalue weighted by molar-refractivity contribution is 5.97. The molecule has 0 bridgehead atoms. The Labute approximate surface area is 162 Å². The number of rotatable bonds is 6. The van der Waals surface area contributed by atoms with Gasteiger partial charge in [0.15, 0.2) is 5.82 Å². The van der Waals surface area contributed by atoms with Gasteiger partial charge in [0.1, 0.15) is 11.4 Å². The number of carbonyl (C=O) groups is 1. The molecule has 4 rings (SSSR count). The van der Waals surface area contributed by atoms with Crippen molar-refractivity contribution < 1.29 is 13.9 Å². The van der Waals surface area contributed by atoms with Crippen molar-refractivity contribution in [1.29, 1.82) is 0 Å². The van der Waals surface area contributed by atoms with Gasteiger partial charge in [0, 0.05) is 38.6 Å². The van der Waals surface area contributed by atoms with E-state index >= 15 is 0 Å². The normalized spacial score (nSPS) is 14.9. The van der Waals surface area contributed by atoms with Gasteiger partial charge in [-0.3, -0.25) is 9.69 Å². The Morgan fingerprint density at radius 1 is 1.14 bits per heavy atom. The van der Waals surface area contributed by atoms with Crippen LogP contribution in [0.4, 0.5) is 4.39 Å². The highest BCUT2D eigenvalue weighted by Gasteiger charge is 2.20. The zero-order valence-corrected chi connectivity index (χ0v) is 15.4. The second kappa shape index (κ2) is 8.37. The van der Waals surface area contributed by atoms with Crippen molar-refractivity contribution in [3.05, 3.63) is 66.4 Å². The molecule has 1 aromatic carbocycles. The van der Waals surface area contributed by atoms with Crippen molar-refractivity contribution in [3.8, 4) is 11.5 Å². The standard InChI is InChI=1S/C20H22FN5O2/c21-16-3-5-17(6-4-16)26-20(25-8-1-2-9-25)18(15-23-26)19(27)22-7-10-24-11-13-28-14-12-24/h1-6,8-9,15H,7,10-14H2,(H,22,27). The van der Waals surface area contributed by atoms with Crippen LogP contribution in [0.3, 0.4) is 0 Å². The minimum atomic E-state index is -0.320. The summed E-state index contributed by atoms with van der Waals surface area (Å²) in [6, 6.07) is 9.77. The minimum Gasteiger partial charge on any atom is -0.379 e. The number of morpholine rings is 1. The molecule has 0 spiro atoms. The molecule has 1 aliphatic heterocycles. The van der Waals surface area contributed by atoms with E-state index in [4.69, 9.17) is 4.74 Å². The average molecular weight is 383 g/mol. The Balaban J connectivity index is 1.54. The number of aromatic nitrogens is 3. The molecule has 28 heavy (non-hydrogen) atoms. The van der Waals surface area contributed by atoms with E-state index in [1.54, 1.807) is 23.0 Å². The summed E-state index contributed by atoms with van der Waals surface area (Å²) in [6.07, 6.45) is 5.24. The van der Waals surface area contributed by atoms with E-state index in [0.29, 0.717) is 23.6 Å². The number of nitrogens with zero attached hydrogens (tertiary/aromatic N) is 4. The quantitative estimate of drug-likeness (QED) is 0.706. The molecule has 3 heterocycles. The average Bonchev–Trinajstić information content (AvgIpc) is 3.39. The summed E-state index contributed by atoms with van der Waals surface area (Å²) in [4.78, 5) is 15.1. The Morgan fingerprint density at radius 2 is 1.86 bits per heavy atom. The predicted molar refractivity (Wildman–Crippen MR) is 102 cm³/mol. The van der Waals surface area contributed by atoms with E-state index in [1.807, 2.05) is 29.1 Å². The molecule has 1 aliphatic rings. The number of carbonyl (C=O) groups excluding carboxylic acids is 1. The smallest absolute Gasteiger partial charge is 0.256 e. The van der Waals surface area contributed by atoms with Crippen LogP contribution in [0.2, 0.25) is 0 Å². The highest BCUT2D eigenvalue weighted by atomic mass is 19.1. The molecule has 7 nitrogen and oxygen atoms in total. The summed E-state index contributed by atoms with van der Waals surface area (Å²) < 4.78 is 22.1. The number of hydrogen-bond acceptors (Lipinski definition) is 4. The van der Waals surface area contributed by atoms with Gasteiger partial charge >= 0.3 is 0 Å². The number of nitrogens with one attached hydrogen (secondary N) is 1. The maximum Gasteiger partial charge on any atom is 0.256 e. The van der Waals surface area contributed by atoms with Gasteiger partial charge in [-0.05, 0) is 36.4 Å². The van der Waals surface area contributed by atoms with Gasteiger partial charge < -0.3 is 14.6 Å². The summed E-state index contributed by atoms with van der Waals surface area (Å²) in [5, 5.41) is 7.35. The van der Waals surface area contributed by atoms with Gasteiger partial charge in [-0.2, -0.15) is 5.10 Å². The first kappa shape index (κ1) is 18.4. The van der Waals surface area contributed by atoms with Gasteiger partial charge in [0.2, 0.25) is 0 Å². The summed E-state index contributed by atoms with van der Waals surface area (Å²) in [7, 11) is 0. The van der Waals surface area contributed by atoms with Crippen molar-refractivity contribution in [1.82, 2.24) is 24.6 Å². The Bertz CT molecular complexity index is 915. The third-order valence-electron chi connectivity index (χ3n) is 4.73. The lowest BCUT2D eigenvalue weighted by Crippen LogP contribution is -2.41. The van der Waals surface area contributed by atoms with Gasteiger partial charge in [-0.1, -0.05) is 0 Å². The molecule has 1 amide bonds. The molecule has 1 N–H and O–H groups in total. The van der Waals surface area contributed by atoms with Gasteiger partial charge in [-0.15, -0.1) is 0 Å². The fourth-order valence-corrected chi connectivity index (χ4v) is 3.25. The van der Waals surface area contributed by atoms with E-state index in [0.717, 1.165) is 32.8 Å². The van der Waals surface area contributed by atoms with Crippen LogP contribution in [-0.2, 0) is 4.74 Å². The van der Waals surface area contributed by atoms with Crippen LogP contribution in [0.15, 0.2) is 55.0 Å². The first-order chi connectivity index (χ1) is 13.7. The minimum absolute atomic E-state index is 0.190. The van der Waals surface area contributed by atoms with E-state index in [2.05, 4.69) is 15.3 Å². The summed E-state index contributed by atoms with van der Waals surface area (Å²) in [5.41, 5.74) is 1.14. The largest absolute Gasteiger partial charge is 0.379 e. The molecule has 146 valence electrons. The summed E-state index contributed by atoms with van der Waals surface area (Å²) >= 11 is 0. The first-order valence-corrected chi connectivity index (χ1v) is 9.28. The maximum atomic E-state index is 13.3. The topological polar surface area (TPSA) is 64.3 Å². The molecule has 0 aliphatic carbocycles. The lowest BCUT2D eigenvalue weighted by Gasteiger charge is -2.26. The third kappa shape index (κ3) is 3.97. The Kier molecular flexibility index (Phi) is 5.50. The number of halogens is 1. The molecule has 1 fully saturated rings. The number of ether oxygens (including phenoxy) is 1. The van der Waals surface area contributed by atoms with Gasteiger partial charge in [0.25, 0.3) is 5.91 Å². The molecule has 2 aromatic heterocycles. The van der Waals surface area contributed by atoms with Crippen LogP contribution < -0.4 is 5.32 Å². The van der Waals surface area contributed by atoms with Crippen molar-refractivity contribution in [3.63, 3.8) is 0 Å². The lowest BCUT2D eigenvalue weighted by molar-refractivity contribution is 0.0383. The predicted octanol–water partition coefficient (Wildman–Crippen LogP) is 1.86. The van der Waals surface area contributed by atoms with Crippen LogP contribution in [0.25, 0.3) is 11.5 Å². The lowest BCUT2D eigenvalue weighted by atomic mass is 10.2. The van der Waals surface area contributed by atoms with Crippen LogP contribution >= 0.6 is 0 Å². The Morgan fingerprint density at radius 3 is 2.57 bits per heavy atom. The molecule has 0 unspecified atom stereocenters. The summed E-state index contributed by atoms with van der Waals surface area (Å²) in [6.45, 7) is 4.55. The van der Waals surface area contributed by atoms with Crippen molar-refractivity contribution in [2.75, 3.05) is 39.4 Å². The van der Waals surface area contributed by atoms with Crippen LogP contribution in [0, 0.1) is 5.82 Å². The zero-order valence-electron chi connectivity index (χ0n) is 15.4. The molecule has 1 saturated heterocycles.